The summed E-state index contributed by atoms with van der Waals surface area (Å²) in [7, 11) is 1.87. The number of aryl methyl sites for hydroxylation is 1. The van der Waals surface area contributed by atoms with Gasteiger partial charge in [0.2, 0.25) is 0 Å². The standard InChI is InChI=1S/C25H33N5O5/c1-15-12-18(29-22(31)23(32)33)14-28-21(15)30(24(34)35-25(2,3)4)19-10-11-27-20(13-19)16-6-8-17(26-5)9-7-16/h6-9,12,14,19-20,26-27H,10-11,13H2,1-5H3,(H,29,31)(H,32,33). The van der Waals surface area contributed by atoms with Crippen molar-refractivity contribution in [3.63, 3.8) is 0 Å². The van der Waals surface area contributed by atoms with Gasteiger partial charge in [-0.3, -0.25) is 9.69 Å². The lowest BCUT2D eigenvalue weighted by Gasteiger charge is -2.38. The molecule has 1 aliphatic heterocycles. The van der Waals surface area contributed by atoms with E-state index in [9.17, 15) is 14.4 Å². The van der Waals surface area contributed by atoms with E-state index in [4.69, 9.17) is 9.84 Å². The fourth-order valence-corrected chi connectivity index (χ4v) is 4.06. The molecule has 0 bridgehead atoms. The number of aliphatic carboxylic acids is 1. The summed E-state index contributed by atoms with van der Waals surface area (Å²) in [4.78, 5) is 41.8. The number of ether oxygens (including phenoxy) is 1. The monoisotopic (exact) mass is 483 g/mol. The van der Waals surface area contributed by atoms with E-state index in [2.05, 4.69) is 33.1 Å². The summed E-state index contributed by atoms with van der Waals surface area (Å²) in [6, 6.07) is 9.60. The van der Waals surface area contributed by atoms with Gasteiger partial charge in [0, 0.05) is 24.8 Å². The normalized spacial score (nSPS) is 17.9. The van der Waals surface area contributed by atoms with Crippen molar-refractivity contribution >= 4 is 35.2 Å². The van der Waals surface area contributed by atoms with Crippen LogP contribution in [-0.4, -0.2) is 53.3 Å². The molecule has 2 amide bonds. The molecule has 0 aliphatic carbocycles. The Hall–Kier alpha value is -3.66. The van der Waals surface area contributed by atoms with Crippen LogP contribution in [0.3, 0.4) is 0 Å². The van der Waals surface area contributed by atoms with Gasteiger partial charge in [-0.1, -0.05) is 12.1 Å². The zero-order valence-electron chi connectivity index (χ0n) is 20.7. The minimum Gasteiger partial charge on any atom is -0.474 e. The highest BCUT2D eigenvalue weighted by Crippen LogP contribution is 2.32. The van der Waals surface area contributed by atoms with Gasteiger partial charge in [0.25, 0.3) is 0 Å². The molecule has 10 nitrogen and oxygen atoms in total. The van der Waals surface area contributed by atoms with E-state index in [1.54, 1.807) is 17.9 Å². The summed E-state index contributed by atoms with van der Waals surface area (Å²) in [5, 5.41) is 17.8. The van der Waals surface area contributed by atoms with Gasteiger partial charge < -0.3 is 25.8 Å². The van der Waals surface area contributed by atoms with Crippen LogP contribution < -0.4 is 20.9 Å². The lowest BCUT2D eigenvalue weighted by atomic mass is 9.92. The third kappa shape index (κ3) is 6.69. The highest BCUT2D eigenvalue weighted by Gasteiger charge is 2.35. The van der Waals surface area contributed by atoms with Gasteiger partial charge in [0.1, 0.15) is 11.4 Å². The second-order valence-corrected chi connectivity index (χ2v) is 9.53. The Morgan fingerprint density at radius 1 is 1.17 bits per heavy atom. The van der Waals surface area contributed by atoms with Gasteiger partial charge in [-0.2, -0.15) is 0 Å². The van der Waals surface area contributed by atoms with Gasteiger partial charge in [0.15, 0.2) is 0 Å². The maximum atomic E-state index is 13.4. The molecular formula is C25H33N5O5. The molecule has 188 valence electrons. The van der Waals surface area contributed by atoms with Crippen LogP contribution in [0.1, 0.15) is 50.8 Å². The molecule has 10 heteroatoms. The summed E-state index contributed by atoms with van der Waals surface area (Å²) in [5.41, 5.74) is 2.28. The fraction of sp³-hybridized carbons (Fsp3) is 0.440. The minimum absolute atomic E-state index is 0.0408. The Morgan fingerprint density at radius 2 is 1.86 bits per heavy atom. The molecule has 0 spiro atoms. The van der Waals surface area contributed by atoms with Crippen LogP contribution in [0.15, 0.2) is 36.5 Å². The lowest BCUT2D eigenvalue weighted by Crippen LogP contribution is -2.49. The molecule has 1 aliphatic rings. The molecule has 4 N–H and O–H groups in total. The van der Waals surface area contributed by atoms with Gasteiger partial charge in [-0.25, -0.2) is 14.6 Å². The molecule has 1 saturated heterocycles. The Kier molecular flexibility index (Phi) is 7.96. The van der Waals surface area contributed by atoms with Crippen molar-refractivity contribution in [3.05, 3.63) is 47.7 Å². The SMILES string of the molecule is CNc1ccc(C2CC(N(C(=O)OC(C)(C)C)c3ncc(NC(=O)C(=O)O)cc3C)CCN2)cc1. The first-order chi connectivity index (χ1) is 16.5. The highest BCUT2D eigenvalue weighted by atomic mass is 16.6. The van der Waals surface area contributed by atoms with Crippen LogP contribution in [0.5, 0.6) is 0 Å². The van der Waals surface area contributed by atoms with E-state index in [1.165, 1.54) is 6.20 Å². The molecule has 2 atom stereocenters. The van der Waals surface area contributed by atoms with E-state index in [-0.39, 0.29) is 17.8 Å². The second-order valence-electron chi connectivity index (χ2n) is 9.53. The van der Waals surface area contributed by atoms with E-state index in [0.717, 1.165) is 11.3 Å². The largest absolute Gasteiger partial charge is 0.474 e. The number of nitrogens with one attached hydrogen (secondary N) is 3. The van der Waals surface area contributed by atoms with Crippen LogP contribution in [0.4, 0.5) is 22.0 Å². The van der Waals surface area contributed by atoms with E-state index >= 15 is 0 Å². The van der Waals surface area contributed by atoms with E-state index in [0.29, 0.717) is 30.8 Å². The van der Waals surface area contributed by atoms with Crippen LogP contribution >= 0.6 is 0 Å². The van der Waals surface area contributed by atoms with Crippen molar-refractivity contribution in [2.45, 2.75) is 58.2 Å². The maximum absolute atomic E-state index is 13.4. The minimum atomic E-state index is -1.59. The number of nitrogens with zero attached hydrogens (tertiary/aromatic N) is 2. The number of piperidine rings is 1. The molecule has 35 heavy (non-hydrogen) atoms. The number of hydrogen-bond acceptors (Lipinski definition) is 7. The predicted octanol–water partition coefficient (Wildman–Crippen LogP) is 3.69. The van der Waals surface area contributed by atoms with Crippen molar-refractivity contribution < 1.29 is 24.2 Å². The average Bonchev–Trinajstić information content (AvgIpc) is 2.79. The second kappa shape index (κ2) is 10.7. The lowest BCUT2D eigenvalue weighted by molar-refractivity contribution is -0.147. The highest BCUT2D eigenvalue weighted by molar-refractivity contribution is 6.36. The molecule has 1 aromatic carbocycles. The Bertz CT molecular complexity index is 1080. The number of amides is 2. The first-order valence-electron chi connectivity index (χ1n) is 11.5. The summed E-state index contributed by atoms with van der Waals surface area (Å²) >= 11 is 0. The first kappa shape index (κ1) is 26.0. The number of pyridine rings is 1. The zero-order valence-corrected chi connectivity index (χ0v) is 20.7. The van der Waals surface area contributed by atoms with Crippen LogP contribution in [0.2, 0.25) is 0 Å². The van der Waals surface area contributed by atoms with Crippen molar-refractivity contribution in [2.75, 3.05) is 29.1 Å². The summed E-state index contributed by atoms with van der Waals surface area (Å²) in [6.45, 7) is 7.88. The quantitative estimate of drug-likeness (QED) is 0.473. The average molecular weight is 484 g/mol. The molecule has 0 radical (unpaired) electrons. The predicted molar refractivity (Wildman–Crippen MR) is 134 cm³/mol. The van der Waals surface area contributed by atoms with Gasteiger partial charge in [-0.15, -0.1) is 0 Å². The number of carboxylic acids is 1. The number of anilines is 3. The summed E-state index contributed by atoms with van der Waals surface area (Å²) < 4.78 is 5.73. The number of hydrogen-bond donors (Lipinski definition) is 4. The Labute approximate surface area is 205 Å². The molecule has 3 rings (SSSR count). The van der Waals surface area contributed by atoms with Gasteiger partial charge >= 0.3 is 18.0 Å². The number of carboxylic acid groups (broad SMARTS) is 1. The van der Waals surface area contributed by atoms with Gasteiger partial charge in [0.05, 0.1) is 11.9 Å². The number of rotatable bonds is 5. The first-order valence-corrected chi connectivity index (χ1v) is 11.5. The van der Waals surface area contributed by atoms with Crippen molar-refractivity contribution in [2.24, 2.45) is 0 Å². The zero-order chi connectivity index (χ0) is 25.8. The van der Waals surface area contributed by atoms with E-state index in [1.807, 2.05) is 40.0 Å². The molecule has 1 fully saturated rings. The van der Waals surface area contributed by atoms with Gasteiger partial charge in [-0.05, 0) is 76.4 Å². The summed E-state index contributed by atoms with van der Waals surface area (Å²) in [5.74, 6) is -2.34. The Balaban J connectivity index is 1.91. The number of benzene rings is 1. The van der Waals surface area contributed by atoms with E-state index < -0.39 is 23.6 Å². The van der Waals surface area contributed by atoms with Crippen LogP contribution in [0.25, 0.3) is 0 Å². The molecular weight excluding hydrogens is 450 g/mol. The van der Waals surface area contributed by atoms with Crippen molar-refractivity contribution in [3.8, 4) is 0 Å². The summed E-state index contributed by atoms with van der Waals surface area (Å²) in [6.07, 6.45) is 2.18. The van der Waals surface area contributed by atoms with Crippen molar-refractivity contribution in [1.82, 2.24) is 10.3 Å². The van der Waals surface area contributed by atoms with Crippen LogP contribution in [0, 0.1) is 6.92 Å². The number of aromatic nitrogens is 1. The molecule has 2 aromatic rings. The maximum Gasteiger partial charge on any atom is 0.416 e. The van der Waals surface area contributed by atoms with Crippen LogP contribution in [-0.2, 0) is 14.3 Å². The molecule has 2 heterocycles. The number of carbonyl (C=O) groups excluding carboxylic acids is 2. The Morgan fingerprint density at radius 3 is 2.43 bits per heavy atom. The number of carbonyl (C=O) groups is 3. The smallest absolute Gasteiger partial charge is 0.416 e. The third-order valence-electron chi connectivity index (χ3n) is 5.66. The molecule has 0 saturated carbocycles. The third-order valence-corrected chi connectivity index (χ3v) is 5.66. The molecule has 2 unspecified atom stereocenters. The van der Waals surface area contributed by atoms with Crippen molar-refractivity contribution in [1.29, 1.82) is 0 Å². The topological polar surface area (TPSA) is 133 Å². The fourth-order valence-electron chi connectivity index (χ4n) is 4.06. The molecule has 1 aromatic heterocycles.